The number of carbonyl (C=O) groups excluding carboxylic acids is 1. The third-order valence-electron chi connectivity index (χ3n) is 5.41. The van der Waals surface area contributed by atoms with Crippen molar-refractivity contribution >= 4 is 15.9 Å². The zero-order valence-corrected chi connectivity index (χ0v) is 16.8. The Morgan fingerprint density at radius 3 is 2.48 bits per heavy atom. The van der Waals surface area contributed by atoms with Gasteiger partial charge in [-0.05, 0) is 49.9 Å². The Balaban J connectivity index is 1.36. The SMILES string of the molecule is C#CCNS(=O)(=O)c1ccc(C(=O)N2CCC(c3nc(C4CC4)n[nH]3)CC2)cc1. The van der Waals surface area contributed by atoms with E-state index < -0.39 is 10.0 Å². The molecule has 2 N–H and O–H groups in total. The predicted molar refractivity (Wildman–Crippen MR) is 107 cm³/mol. The van der Waals surface area contributed by atoms with Crippen molar-refractivity contribution in [1.29, 1.82) is 0 Å². The molecule has 4 rings (SSSR count). The molecule has 0 bridgehead atoms. The fraction of sp³-hybridized carbons (Fsp3) is 0.450. The van der Waals surface area contributed by atoms with E-state index in [0.29, 0.717) is 24.6 Å². The van der Waals surface area contributed by atoms with Gasteiger partial charge in [0.1, 0.15) is 5.82 Å². The van der Waals surface area contributed by atoms with Gasteiger partial charge < -0.3 is 4.90 Å². The Hall–Kier alpha value is -2.70. The van der Waals surface area contributed by atoms with Crippen LogP contribution in [-0.4, -0.2) is 54.0 Å². The Morgan fingerprint density at radius 1 is 1.17 bits per heavy atom. The molecule has 2 fully saturated rings. The van der Waals surface area contributed by atoms with Gasteiger partial charge in [-0.3, -0.25) is 9.89 Å². The second-order valence-electron chi connectivity index (χ2n) is 7.47. The molecule has 1 aliphatic heterocycles. The number of aromatic nitrogens is 3. The first-order chi connectivity index (χ1) is 14.0. The van der Waals surface area contributed by atoms with Gasteiger partial charge in [0.05, 0.1) is 11.4 Å². The number of piperidine rings is 1. The molecule has 29 heavy (non-hydrogen) atoms. The molecular formula is C20H23N5O3S. The molecule has 9 heteroatoms. The van der Waals surface area contributed by atoms with E-state index in [2.05, 4.69) is 25.8 Å². The number of H-pyrrole nitrogens is 1. The number of hydrogen-bond donors (Lipinski definition) is 2. The van der Waals surface area contributed by atoms with Crippen molar-refractivity contribution in [2.75, 3.05) is 19.6 Å². The number of likely N-dealkylation sites (tertiary alicyclic amines) is 1. The number of terminal acetylenes is 1. The lowest BCUT2D eigenvalue weighted by molar-refractivity contribution is 0.0711. The standard InChI is InChI=1S/C20H23N5O3S/c1-2-11-21-29(27,28)17-7-5-16(6-8-17)20(26)25-12-9-15(10-13-25)19-22-18(23-24-19)14-3-4-14/h1,5-8,14-15,21H,3-4,9-13H2,(H,22,23,24). The fourth-order valence-corrected chi connectivity index (χ4v) is 4.46. The summed E-state index contributed by atoms with van der Waals surface area (Å²) in [6.07, 6.45) is 9.08. The lowest BCUT2D eigenvalue weighted by Gasteiger charge is -2.31. The molecule has 1 aromatic carbocycles. The highest BCUT2D eigenvalue weighted by molar-refractivity contribution is 7.89. The minimum absolute atomic E-state index is 0.0781. The van der Waals surface area contributed by atoms with Gasteiger partial charge in [0, 0.05) is 30.5 Å². The summed E-state index contributed by atoms with van der Waals surface area (Å²) in [6, 6.07) is 5.92. The maximum Gasteiger partial charge on any atom is 0.253 e. The number of amides is 1. The lowest BCUT2D eigenvalue weighted by Crippen LogP contribution is -2.38. The van der Waals surface area contributed by atoms with Crippen molar-refractivity contribution in [2.24, 2.45) is 0 Å². The maximum absolute atomic E-state index is 12.8. The Kier molecular flexibility index (Phi) is 5.39. The molecule has 1 aliphatic carbocycles. The highest BCUT2D eigenvalue weighted by Crippen LogP contribution is 2.38. The van der Waals surface area contributed by atoms with Crippen molar-refractivity contribution in [3.05, 3.63) is 41.5 Å². The van der Waals surface area contributed by atoms with Gasteiger partial charge >= 0.3 is 0 Å². The predicted octanol–water partition coefficient (Wildman–Crippen LogP) is 1.61. The highest BCUT2D eigenvalue weighted by atomic mass is 32.2. The first-order valence-corrected chi connectivity index (χ1v) is 11.2. The second kappa shape index (κ2) is 7.97. The molecule has 0 radical (unpaired) electrons. The van der Waals surface area contributed by atoms with E-state index in [1.807, 2.05) is 0 Å². The van der Waals surface area contributed by atoms with Crippen molar-refractivity contribution in [1.82, 2.24) is 24.8 Å². The first kappa shape index (κ1) is 19.6. The maximum atomic E-state index is 12.8. The number of aromatic amines is 1. The molecule has 2 aromatic rings. The van der Waals surface area contributed by atoms with E-state index in [4.69, 9.17) is 6.42 Å². The summed E-state index contributed by atoms with van der Waals surface area (Å²) in [5.41, 5.74) is 0.468. The molecule has 1 aromatic heterocycles. The number of hydrogen-bond acceptors (Lipinski definition) is 5. The molecule has 152 valence electrons. The number of nitrogens with one attached hydrogen (secondary N) is 2. The molecule has 8 nitrogen and oxygen atoms in total. The van der Waals surface area contributed by atoms with Gasteiger partial charge in [0.15, 0.2) is 5.82 Å². The average molecular weight is 414 g/mol. The number of carbonyl (C=O) groups is 1. The molecule has 0 spiro atoms. The summed E-state index contributed by atoms with van der Waals surface area (Å²) < 4.78 is 26.4. The molecule has 1 saturated carbocycles. The van der Waals surface area contributed by atoms with Crippen LogP contribution >= 0.6 is 0 Å². The van der Waals surface area contributed by atoms with Crippen molar-refractivity contribution < 1.29 is 13.2 Å². The minimum Gasteiger partial charge on any atom is -0.339 e. The highest BCUT2D eigenvalue weighted by Gasteiger charge is 2.31. The van der Waals surface area contributed by atoms with E-state index in [1.165, 1.54) is 37.1 Å². The number of nitrogens with zero attached hydrogens (tertiary/aromatic N) is 3. The summed E-state index contributed by atoms with van der Waals surface area (Å²) in [6.45, 7) is 1.19. The Bertz CT molecular complexity index is 1030. The molecule has 2 heterocycles. The van der Waals surface area contributed by atoms with Crippen molar-refractivity contribution in [3.63, 3.8) is 0 Å². The van der Waals surface area contributed by atoms with Crippen molar-refractivity contribution in [2.45, 2.75) is 42.4 Å². The second-order valence-corrected chi connectivity index (χ2v) is 9.24. The van der Waals surface area contributed by atoms with Crippen LogP contribution in [-0.2, 0) is 10.0 Å². The van der Waals surface area contributed by atoms with Crippen LogP contribution < -0.4 is 4.72 Å². The molecule has 1 saturated heterocycles. The van der Waals surface area contributed by atoms with E-state index >= 15 is 0 Å². The fourth-order valence-electron chi connectivity index (χ4n) is 3.53. The summed E-state index contributed by atoms with van der Waals surface area (Å²) in [7, 11) is -3.66. The summed E-state index contributed by atoms with van der Waals surface area (Å²) in [5, 5.41) is 7.39. The van der Waals surface area contributed by atoms with Crippen LogP contribution in [0.4, 0.5) is 0 Å². The average Bonchev–Trinajstić information content (AvgIpc) is 3.48. The topological polar surface area (TPSA) is 108 Å². The van der Waals surface area contributed by atoms with Crippen LogP contribution in [0.5, 0.6) is 0 Å². The summed E-state index contributed by atoms with van der Waals surface area (Å²) in [5.74, 6) is 4.79. The number of sulfonamides is 1. The van der Waals surface area contributed by atoms with E-state index in [-0.39, 0.29) is 23.3 Å². The zero-order valence-electron chi connectivity index (χ0n) is 16.0. The van der Waals surface area contributed by atoms with Gasteiger partial charge in [-0.1, -0.05) is 5.92 Å². The van der Waals surface area contributed by atoms with Gasteiger partial charge in [-0.25, -0.2) is 13.4 Å². The first-order valence-electron chi connectivity index (χ1n) is 9.72. The normalized spacial score (nSPS) is 17.8. The van der Waals surface area contributed by atoms with Crippen LogP contribution in [0, 0.1) is 12.3 Å². The monoisotopic (exact) mass is 413 g/mol. The zero-order chi connectivity index (χ0) is 20.4. The van der Waals surface area contributed by atoms with Gasteiger partial charge in [0.25, 0.3) is 5.91 Å². The van der Waals surface area contributed by atoms with Crippen LogP contribution in [0.3, 0.4) is 0 Å². The number of rotatable bonds is 6. The molecular weight excluding hydrogens is 390 g/mol. The van der Waals surface area contributed by atoms with E-state index in [1.54, 1.807) is 4.90 Å². The van der Waals surface area contributed by atoms with E-state index in [9.17, 15) is 13.2 Å². The van der Waals surface area contributed by atoms with Gasteiger partial charge in [-0.15, -0.1) is 6.42 Å². The Morgan fingerprint density at radius 2 is 1.86 bits per heavy atom. The molecule has 2 aliphatic rings. The quantitative estimate of drug-likeness (QED) is 0.700. The van der Waals surface area contributed by atoms with Crippen LogP contribution in [0.15, 0.2) is 29.2 Å². The largest absolute Gasteiger partial charge is 0.339 e. The molecule has 0 atom stereocenters. The minimum atomic E-state index is -3.66. The molecule has 0 unspecified atom stereocenters. The third-order valence-corrected chi connectivity index (χ3v) is 6.82. The summed E-state index contributed by atoms with van der Waals surface area (Å²) >= 11 is 0. The van der Waals surface area contributed by atoms with Crippen LogP contribution in [0.25, 0.3) is 0 Å². The van der Waals surface area contributed by atoms with Gasteiger partial charge in [-0.2, -0.15) is 9.82 Å². The van der Waals surface area contributed by atoms with Crippen LogP contribution in [0.1, 0.15) is 59.5 Å². The smallest absolute Gasteiger partial charge is 0.253 e. The Labute approximate surface area is 170 Å². The third kappa shape index (κ3) is 4.33. The lowest BCUT2D eigenvalue weighted by atomic mass is 9.95. The molecule has 1 amide bonds. The van der Waals surface area contributed by atoms with Crippen LogP contribution in [0.2, 0.25) is 0 Å². The summed E-state index contributed by atoms with van der Waals surface area (Å²) in [4.78, 5) is 19.3. The van der Waals surface area contributed by atoms with Gasteiger partial charge in [0.2, 0.25) is 10.0 Å². The van der Waals surface area contributed by atoms with Crippen molar-refractivity contribution in [3.8, 4) is 12.3 Å². The number of benzene rings is 1. The van der Waals surface area contributed by atoms with E-state index in [0.717, 1.165) is 24.5 Å².